The molecular weight excluding hydrogens is 499 g/mol. The molecule has 1 aliphatic rings. The van der Waals surface area contributed by atoms with E-state index in [0.29, 0.717) is 5.92 Å². The van der Waals surface area contributed by atoms with Gasteiger partial charge in [-0.2, -0.15) is 0 Å². The molecule has 0 radical (unpaired) electrons. The van der Waals surface area contributed by atoms with Crippen molar-refractivity contribution in [1.82, 2.24) is 25.0 Å². The van der Waals surface area contributed by atoms with Gasteiger partial charge in [-0.25, -0.2) is 4.98 Å². The number of ether oxygens (including phenoxy) is 1. The highest BCUT2D eigenvalue weighted by Gasteiger charge is 2.18. The van der Waals surface area contributed by atoms with Crippen LogP contribution >= 0.6 is 35.3 Å². The maximum Gasteiger partial charge on any atom is 0.193 e. The van der Waals surface area contributed by atoms with Gasteiger partial charge < -0.3 is 24.8 Å². The highest BCUT2D eigenvalue weighted by atomic mass is 127. The molecule has 0 aliphatic carbocycles. The molecule has 1 aromatic rings. The number of guanidine groups is 1. The number of aromatic nitrogens is 1. The van der Waals surface area contributed by atoms with Gasteiger partial charge in [-0.15, -0.1) is 35.3 Å². The van der Waals surface area contributed by atoms with Gasteiger partial charge in [0.1, 0.15) is 11.1 Å². The second-order valence-electron chi connectivity index (χ2n) is 7.68. The summed E-state index contributed by atoms with van der Waals surface area (Å²) in [6.45, 7) is 15.3. The van der Waals surface area contributed by atoms with Crippen LogP contribution in [0.25, 0.3) is 0 Å². The zero-order chi connectivity index (χ0) is 20.5. The highest BCUT2D eigenvalue weighted by molar-refractivity contribution is 14.0. The molecule has 1 fully saturated rings. The van der Waals surface area contributed by atoms with Crippen LogP contribution in [-0.2, 0) is 11.3 Å². The van der Waals surface area contributed by atoms with Crippen LogP contribution in [0.15, 0.2) is 10.4 Å². The van der Waals surface area contributed by atoms with Crippen molar-refractivity contribution in [3.8, 4) is 0 Å². The van der Waals surface area contributed by atoms with Gasteiger partial charge >= 0.3 is 0 Å². The van der Waals surface area contributed by atoms with E-state index >= 15 is 0 Å². The summed E-state index contributed by atoms with van der Waals surface area (Å²) >= 11 is 1.65. The number of rotatable bonds is 9. The average Bonchev–Trinajstić information content (AvgIpc) is 3.16. The number of likely N-dealkylation sites (N-methyl/N-ethyl adjacent to an activating group) is 1. The Balaban J connectivity index is 0.00000420. The summed E-state index contributed by atoms with van der Waals surface area (Å²) in [5, 5.41) is 6.65. The molecule has 1 saturated heterocycles. The third-order valence-electron chi connectivity index (χ3n) is 5.33. The standard InChI is InChI=1S/C20H38N6OS.HI/c1-7-25-8-10-26(11-9-25)13-16(2)12-22-20(21-4)24(5)14-18-15-28-19(23-18)17(3)27-6;/h15-17H,7-14H2,1-6H3,(H,21,22);1H. The predicted molar refractivity (Wildman–Crippen MR) is 133 cm³/mol. The lowest BCUT2D eigenvalue weighted by Gasteiger charge is -2.35. The van der Waals surface area contributed by atoms with E-state index in [1.165, 1.54) is 32.7 Å². The third-order valence-corrected chi connectivity index (χ3v) is 6.39. The van der Waals surface area contributed by atoms with Crippen molar-refractivity contribution >= 4 is 41.3 Å². The molecule has 0 aromatic carbocycles. The normalized spacial score (nSPS) is 18.2. The zero-order valence-corrected chi connectivity index (χ0v) is 22.0. The second-order valence-corrected chi connectivity index (χ2v) is 8.57. The van der Waals surface area contributed by atoms with Gasteiger partial charge in [0.25, 0.3) is 0 Å². The van der Waals surface area contributed by atoms with E-state index < -0.39 is 0 Å². The Labute approximate surface area is 197 Å². The number of hydrogen-bond acceptors (Lipinski definition) is 6. The molecule has 1 N–H and O–H groups in total. The van der Waals surface area contributed by atoms with Crippen LogP contribution in [0.1, 0.15) is 37.6 Å². The van der Waals surface area contributed by atoms with Crippen LogP contribution in [0.3, 0.4) is 0 Å². The average molecular weight is 539 g/mol. The Morgan fingerprint density at radius 3 is 2.55 bits per heavy atom. The van der Waals surface area contributed by atoms with Crippen molar-refractivity contribution in [3.05, 3.63) is 16.1 Å². The quantitative estimate of drug-likeness (QED) is 0.297. The number of thiazole rings is 1. The molecule has 29 heavy (non-hydrogen) atoms. The molecule has 0 saturated carbocycles. The largest absolute Gasteiger partial charge is 0.375 e. The maximum absolute atomic E-state index is 5.35. The van der Waals surface area contributed by atoms with Gasteiger partial charge in [0.15, 0.2) is 5.96 Å². The van der Waals surface area contributed by atoms with Gasteiger partial charge in [0, 0.05) is 65.9 Å². The van der Waals surface area contributed by atoms with Crippen LogP contribution in [-0.4, -0.2) is 92.7 Å². The fourth-order valence-electron chi connectivity index (χ4n) is 3.44. The van der Waals surface area contributed by atoms with Crippen LogP contribution < -0.4 is 5.32 Å². The number of nitrogens with zero attached hydrogens (tertiary/aromatic N) is 5. The van der Waals surface area contributed by atoms with E-state index in [9.17, 15) is 0 Å². The highest BCUT2D eigenvalue weighted by Crippen LogP contribution is 2.20. The molecule has 1 aliphatic heterocycles. The molecule has 0 spiro atoms. The molecule has 2 atom stereocenters. The first-order valence-corrected chi connectivity index (χ1v) is 11.2. The summed E-state index contributed by atoms with van der Waals surface area (Å²) in [5.41, 5.74) is 1.05. The summed E-state index contributed by atoms with van der Waals surface area (Å²) in [6, 6.07) is 0. The molecule has 168 valence electrons. The second kappa shape index (κ2) is 13.7. The fraction of sp³-hybridized carbons (Fsp3) is 0.800. The summed E-state index contributed by atoms with van der Waals surface area (Å²) in [7, 11) is 5.62. The first-order valence-electron chi connectivity index (χ1n) is 10.3. The summed E-state index contributed by atoms with van der Waals surface area (Å²) in [4.78, 5) is 16.4. The van der Waals surface area contributed by atoms with Crippen LogP contribution in [0, 0.1) is 5.92 Å². The van der Waals surface area contributed by atoms with E-state index in [2.05, 4.69) is 56.3 Å². The lowest BCUT2D eigenvalue weighted by atomic mass is 10.1. The number of halogens is 1. The monoisotopic (exact) mass is 538 g/mol. The van der Waals surface area contributed by atoms with Crippen LogP contribution in [0.5, 0.6) is 0 Å². The number of aliphatic imine (C=N–C) groups is 1. The summed E-state index contributed by atoms with van der Waals surface area (Å²) in [5.74, 6) is 1.49. The predicted octanol–water partition coefficient (Wildman–Crippen LogP) is 2.75. The first-order chi connectivity index (χ1) is 13.5. The first kappa shape index (κ1) is 26.5. The molecule has 2 rings (SSSR count). The van der Waals surface area contributed by atoms with E-state index in [-0.39, 0.29) is 30.1 Å². The minimum Gasteiger partial charge on any atom is -0.375 e. The Bertz CT molecular complexity index is 606. The maximum atomic E-state index is 5.35. The minimum absolute atomic E-state index is 0. The van der Waals surface area contributed by atoms with E-state index in [0.717, 1.165) is 36.3 Å². The molecule has 2 unspecified atom stereocenters. The SMILES string of the molecule is CCN1CCN(CC(C)CNC(=NC)N(C)Cc2csc(C(C)OC)n2)CC1.I. The van der Waals surface area contributed by atoms with Crippen molar-refractivity contribution < 1.29 is 4.74 Å². The Morgan fingerprint density at radius 2 is 1.97 bits per heavy atom. The summed E-state index contributed by atoms with van der Waals surface area (Å²) in [6.07, 6.45) is 0.0431. The molecule has 1 aromatic heterocycles. The molecular formula is C20H39IN6OS. The lowest BCUT2D eigenvalue weighted by molar-refractivity contribution is 0.119. The van der Waals surface area contributed by atoms with Crippen molar-refractivity contribution in [2.45, 2.75) is 33.4 Å². The smallest absolute Gasteiger partial charge is 0.193 e. The van der Waals surface area contributed by atoms with Crippen molar-refractivity contribution in [1.29, 1.82) is 0 Å². The van der Waals surface area contributed by atoms with Gasteiger partial charge in [0.2, 0.25) is 0 Å². The van der Waals surface area contributed by atoms with E-state index in [1.807, 2.05) is 14.0 Å². The van der Waals surface area contributed by atoms with Crippen molar-refractivity contribution in [3.63, 3.8) is 0 Å². The Morgan fingerprint density at radius 1 is 1.31 bits per heavy atom. The molecule has 0 bridgehead atoms. The van der Waals surface area contributed by atoms with Crippen LogP contribution in [0.4, 0.5) is 0 Å². The van der Waals surface area contributed by atoms with Gasteiger partial charge in [-0.1, -0.05) is 13.8 Å². The molecule has 9 heteroatoms. The van der Waals surface area contributed by atoms with Crippen LogP contribution in [0.2, 0.25) is 0 Å². The Hall–Kier alpha value is -0.490. The van der Waals surface area contributed by atoms with Crippen molar-refractivity contribution in [2.24, 2.45) is 10.9 Å². The Kier molecular flexibility index (Phi) is 12.6. The number of piperazine rings is 1. The number of nitrogens with one attached hydrogen (secondary N) is 1. The lowest BCUT2D eigenvalue weighted by Crippen LogP contribution is -2.48. The van der Waals surface area contributed by atoms with Gasteiger partial charge in [0.05, 0.1) is 12.2 Å². The minimum atomic E-state index is 0. The van der Waals surface area contributed by atoms with E-state index in [4.69, 9.17) is 4.74 Å². The molecule has 2 heterocycles. The molecule has 7 nitrogen and oxygen atoms in total. The zero-order valence-electron chi connectivity index (χ0n) is 18.8. The number of methoxy groups -OCH3 is 1. The third kappa shape index (κ3) is 8.64. The molecule has 0 amide bonds. The van der Waals surface area contributed by atoms with E-state index in [1.54, 1.807) is 18.4 Å². The fourth-order valence-corrected chi connectivity index (χ4v) is 4.29. The topological polar surface area (TPSA) is 56.2 Å². The summed E-state index contributed by atoms with van der Waals surface area (Å²) < 4.78 is 5.35. The van der Waals surface area contributed by atoms with Gasteiger partial charge in [-0.3, -0.25) is 4.99 Å². The van der Waals surface area contributed by atoms with Gasteiger partial charge in [-0.05, 0) is 19.4 Å². The number of hydrogen-bond donors (Lipinski definition) is 1. The van der Waals surface area contributed by atoms with Crippen molar-refractivity contribution in [2.75, 3.05) is 67.0 Å².